The Morgan fingerprint density at radius 3 is 2.29 bits per heavy atom. The van der Waals surface area contributed by atoms with Gasteiger partial charge in [0, 0.05) is 42.0 Å². The Morgan fingerprint density at radius 1 is 0.854 bits per heavy atom. The minimum absolute atomic E-state index is 0.102. The number of carbonyl (C=O) groups excluding carboxylic acids is 1. The molecule has 3 aromatic rings. The summed E-state index contributed by atoms with van der Waals surface area (Å²) in [6.07, 6.45) is 15.6. The summed E-state index contributed by atoms with van der Waals surface area (Å²) in [5.41, 5.74) is 2.02. The molecule has 1 aromatic carbocycles. The molecule has 8 nitrogen and oxygen atoms in total. The number of fused-ring (bicyclic) bond motifs is 5. The second kappa shape index (κ2) is 10.9. The summed E-state index contributed by atoms with van der Waals surface area (Å²) in [4.78, 5) is 46.4. The number of aromatic nitrogens is 3. The molecule has 216 valence electrons. The molecule has 0 spiro atoms. The van der Waals surface area contributed by atoms with E-state index in [2.05, 4.69) is 4.90 Å². The highest BCUT2D eigenvalue weighted by Crippen LogP contribution is 2.47. The lowest BCUT2D eigenvalue weighted by Crippen LogP contribution is -2.58. The molecular weight excluding hydrogens is 516 g/mol. The second-order valence-corrected chi connectivity index (χ2v) is 12.9. The lowest BCUT2D eigenvalue weighted by atomic mass is 9.68. The van der Waals surface area contributed by atoms with E-state index in [0.29, 0.717) is 29.4 Å². The molecule has 6 atom stereocenters. The fraction of sp³-hybridized carbons (Fsp3) is 0.576. The molecule has 4 aliphatic rings. The number of ether oxygens (including phenoxy) is 1. The monoisotopic (exact) mass is 556 g/mol. The summed E-state index contributed by atoms with van der Waals surface area (Å²) in [6.45, 7) is -0.213. The van der Waals surface area contributed by atoms with Gasteiger partial charge in [-0.25, -0.2) is 4.98 Å². The number of hydrogen-bond donors (Lipinski definition) is 0. The molecule has 0 unspecified atom stereocenters. The van der Waals surface area contributed by atoms with Crippen molar-refractivity contribution in [2.24, 2.45) is 11.8 Å². The molecule has 0 radical (unpaired) electrons. The maximum absolute atomic E-state index is 14.3. The van der Waals surface area contributed by atoms with Crippen molar-refractivity contribution in [3.63, 3.8) is 0 Å². The van der Waals surface area contributed by atoms with Gasteiger partial charge in [-0.2, -0.15) is 0 Å². The average Bonchev–Trinajstić information content (AvgIpc) is 2.97. The maximum atomic E-state index is 14.3. The summed E-state index contributed by atoms with van der Waals surface area (Å²) in [6, 6.07) is 12.7. The van der Waals surface area contributed by atoms with Crippen molar-refractivity contribution in [2.75, 3.05) is 7.11 Å². The molecule has 8 heteroatoms. The van der Waals surface area contributed by atoms with Gasteiger partial charge < -0.3 is 13.9 Å². The van der Waals surface area contributed by atoms with Gasteiger partial charge in [0.25, 0.3) is 11.1 Å². The third kappa shape index (κ3) is 4.94. The topological polar surface area (TPSA) is 86.4 Å². The Bertz CT molecular complexity index is 1550. The van der Waals surface area contributed by atoms with Crippen LogP contribution >= 0.6 is 0 Å². The number of esters is 1. The molecule has 0 N–H and O–H groups in total. The fourth-order valence-corrected chi connectivity index (χ4v) is 8.84. The van der Waals surface area contributed by atoms with Gasteiger partial charge in [-0.05, 0) is 75.0 Å². The van der Waals surface area contributed by atoms with Crippen LogP contribution in [0, 0.1) is 11.8 Å². The zero-order valence-electron chi connectivity index (χ0n) is 23.9. The van der Waals surface area contributed by atoms with E-state index in [1.54, 1.807) is 12.3 Å². The van der Waals surface area contributed by atoms with Gasteiger partial charge in [0.15, 0.2) is 0 Å². The second-order valence-electron chi connectivity index (χ2n) is 12.9. The van der Waals surface area contributed by atoms with E-state index in [-0.39, 0.29) is 23.7 Å². The summed E-state index contributed by atoms with van der Waals surface area (Å²) < 4.78 is 8.05. The Kier molecular flexibility index (Phi) is 7.05. The highest BCUT2D eigenvalue weighted by atomic mass is 16.5. The number of nitrogens with zero attached hydrogens (tertiary/aromatic N) is 4. The first-order chi connectivity index (χ1) is 20.0. The van der Waals surface area contributed by atoms with E-state index in [9.17, 15) is 14.4 Å². The van der Waals surface area contributed by atoms with Crippen LogP contribution in [-0.4, -0.2) is 50.2 Å². The Labute approximate surface area is 240 Å². The smallest absolute Gasteiger partial charge is 0.325 e. The number of pyridine rings is 1. The number of carbonyl (C=O) groups is 1. The molecule has 41 heavy (non-hydrogen) atoms. The van der Waals surface area contributed by atoms with E-state index in [1.807, 2.05) is 28.8 Å². The quantitative estimate of drug-likeness (QED) is 0.415. The summed E-state index contributed by atoms with van der Waals surface area (Å²) in [5.74, 6) is 1.29. The first-order valence-corrected chi connectivity index (χ1v) is 15.5. The third-order valence-electron chi connectivity index (χ3n) is 10.5. The number of rotatable bonds is 5. The molecule has 2 saturated heterocycles. The van der Waals surface area contributed by atoms with E-state index in [4.69, 9.17) is 9.72 Å². The summed E-state index contributed by atoms with van der Waals surface area (Å²) >= 11 is 0. The van der Waals surface area contributed by atoms with Crippen molar-refractivity contribution >= 4 is 17.0 Å². The lowest BCUT2D eigenvalue weighted by molar-refractivity contribution is -0.141. The van der Waals surface area contributed by atoms with Gasteiger partial charge in [-0.1, -0.05) is 37.8 Å². The molecule has 2 aliphatic heterocycles. The predicted molar refractivity (Wildman–Crippen MR) is 158 cm³/mol. The van der Waals surface area contributed by atoms with E-state index >= 15 is 0 Å². The zero-order valence-corrected chi connectivity index (χ0v) is 23.9. The average molecular weight is 557 g/mol. The van der Waals surface area contributed by atoms with Crippen LogP contribution in [0.25, 0.3) is 22.3 Å². The van der Waals surface area contributed by atoms with E-state index in [1.165, 1.54) is 75.5 Å². The summed E-state index contributed by atoms with van der Waals surface area (Å²) in [7, 11) is 1.29. The predicted octanol–water partition coefficient (Wildman–Crippen LogP) is 4.93. The van der Waals surface area contributed by atoms with Crippen molar-refractivity contribution in [1.82, 2.24) is 19.0 Å². The summed E-state index contributed by atoms with van der Waals surface area (Å²) in [5, 5.41) is 0. The van der Waals surface area contributed by atoms with Crippen molar-refractivity contribution in [3.05, 3.63) is 63.3 Å². The van der Waals surface area contributed by atoms with Crippen molar-refractivity contribution in [1.29, 1.82) is 0 Å². The minimum Gasteiger partial charge on any atom is -0.468 e. The molecule has 0 amide bonds. The van der Waals surface area contributed by atoms with Crippen LogP contribution in [0.15, 0.2) is 52.2 Å². The largest absolute Gasteiger partial charge is 0.468 e. The van der Waals surface area contributed by atoms with Gasteiger partial charge in [-0.3, -0.25) is 19.3 Å². The maximum Gasteiger partial charge on any atom is 0.325 e. The lowest BCUT2D eigenvalue weighted by Gasteiger charge is -2.55. The SMILES string of the molecule is COC(=O)Cn1cc(-c2nc3ccccc3n([C@H]3C[C@H]4CCC[C@@H](C3)N4[C@H]3C[C@@H]4CCC[C@@H](C4)C3)c2=O)ccc1=O. The van der Waals surface area contributed by atoms with Crippen molar-refractivity contribution in [3.8, 4) is 11.3 Å². The normalized spacial score (nSPS) is 29.8. The third-order valence-corrected chi connectivity index (χ3v) is 10.5. The van der Waals surface area contributed by atoms with E-state index < -0.39 is 5.97 Å². The van der Waals surface area contributed by atoms with Gasteiger partial charge in [-0.15, -0.1) is 0 Å². The highest BCUT2D eigenvalue weighted by molar-refractivity contribution is 5.78. The van der Waals surface area contributed by atoms with Gasteiger partial charge in [0.1, 0.15) is 12.2 Å². The first kappa shape index (κ1) is 26.6. The number of methoxy groups -OCH3 is 1. The van der Waals surface area contributed by atoms with Crippen molar-refractivity contribution in [2.45, 2.75) is 101 Å². The Balaban J connectivity index is 1.25. The van der Waals surface area contributed by atoms with Crippen molar-refractivity contribution < 1.29 is 9.53 Å². The van der Waals surface area contributed by atoms with Crippen LogP contribution in [0.3, 0.4) is 0 Å². The van der Waals surface area contributed by atoms with Crippen LogP contribution in [0.1, 0.15) is 76.7 Å². The van der Waals surface area contributed by atoms with Crippen LogP contribution < -0.4 is 11.1 Å². The van der Waals surface area contributed by atoms with Gasteiger partial charge in [0.05, 0.1) is 18.1 Å². The highest BCUT2D eigenvalue weighted by Gasteiger charge is 2.45. The van der Waals surface area contributed by atoms with Crippen LogP contribution in [0.4, 0.5) is 0 Å². The molecule has 2 saturated carbocycles. The van der Waals surface area contributed by atoms with Crippen LogP contribution in [0.5, 0.6) is 0 Å². The number of para-hydroxylation sites is 2. The molecular formula is C33H40N4O4. The number of benzene rings is 1. The zero-order chi connectivity index (χ0) is 28.1. The molecule has 4 fully saturated rings. The molecule has 7 rings (SSSR count). The van der Waals surface area contributed by atoms with Crippen LogP contribution in [-0.2, 0) is 16.1 Å². The van der Waals surface area contributed by atoms with Gasteiger partial charge in [0.2, 0.25) is 0 Å². The Morgan fingerprint density at radius 2 is 1.56 bits per heavy atom. The minimum atomic E-state index is -0.520. The Hall–Kier alpha value is -3.26. The van der Waals surface area contributed by atoms with E-state index in [0.717, 1.165) is 35.7 Å². The molecule has 4 heterocycles. The molecule has 2 aliphatic carbocycles. The molecule has 2 aromatic heterocycles. The standard InChI is InChI=1S/C33H40N4O4/c1-41-31(39)20-35-19-23(12-13-30(35)38)32-33(40)37(29-11-3-2-10-28(29)34-32)27-17-24-8-5-9-25(18-27)36(24)26-15-21-6-4-7-22(14-21)16-26/h2-3,10-13,19,21-22,24-27H,4-9,14-18,20H2,1H3/t21-,22+,24-,25+,26+,27+. The fourth-order valence-electron chi connectivity index (χ4n) is 8.84. The number of hydrogen-bond acceptors (Lipinski definition) is 6. The van der Waals surface area contributed by atoms with Crippen LogP contribution in [0.2, 0.25) is 0 Å². The molecule has 4 bridgehead atoms. The first-order valence-electron chi connectivity index (χ1n) is 15.5. The van der Waals surface area contributed by atoms with Gasteiger partial charge >= 0.3 is 5.97 Å². The number of piperidine rings is 2.